The Labute approximate surface area is 111 Å². The molecule has 106 valence electrons. The minimum absolute atomic E-state index is 0.0350. The first-order valence-corrected chi connectivity index (χ1v) is 6.55. The second-order valence-electron chi connectivity index (χ2n) is 5.17. The molecule has 0 radical (unpaired) electrons. The fraction of sp³-hybridized carbons (Fsp3) is 0.571. The van der Waals surface area contributed by atoms with Crippen molar-refractivity contribution in [3.63, 3.8) is 0 Å². The summed E-state index contributed by atoms with van der Waals surface area (Å²) in [4.78, 5) is 1.82. The Balaban J connectivity index is 2.22. The fourth-order valence-electron chi connectivity index (χ4n) is 2.62. The molecule has 0 aromatic heterocycles. The lowest BCUT2D eigenvalue weighted by Crippen LogP contribution is -2.42. The summed E-state index contributed by atoms with van der Waals surface area (Å²) in [5.74, 6) is -1.23. The van der Waals surface area contributed by atoms with Crippen LogP contribution in [0.4, 0.5) is 18.9 Å². The van der Waals surface area contributed by atoms with Crippen molar-refractivity contribution in [1.82, 2.24) is 0 Å². The molecule has 1 aliphatic rings. The smallest absolute Gasteiger partial charge is 0.371 e. The van der Waals surface area contributed by atoms with Crippen molar-refractivity contribution in [3.05, 3.63) is 29.8 Å². The van der Waals surface area contributed by atoms with Crippen molar-refractivity contribution in [2.75, 3.05) is 18.0 Å². The standard InChI is InChI=1S/C14H19F3N2/c1-10(18)12-6-2-3-7-13(12)19-8-4-5-11(9-19)14(15,16)17/h2-3,6-7,10-11H,4-5,8-9,18H2,1H3/t10-,11?/m1/s1. The average molecular weight is 272 g/mol. The summed E-state index contributed by atoms with van der Waals surface area (Å²) in [7, 11) is 0. The van der Waals surface area contributed by atoms with E-state index in [9.17, 15) is 13.2 Å². The normalized spacial score (nSPS) is 22.4. The lowest BCUT2D eigenvalue weighted by atomic mass is 9.95. The predicted octanol–water partition coefficient (Wildman–Crippen LogP) is 3.49. The first-order valence-electron chi connectivity index (χ1n) is 6.55. The Morgan fingerprint density at radius 1 is 1.32 bits per heavy atom. The SMILES string of the molecule is C[C@@H](N)c1ccccc1N1CCCC(C(F)(F)F)C1. The summed E-state index contributed by atoms with van der Waals surface area (Å²) >= 11 is 0. The van der Waals surface area contributed by atoms with Gasteiger partial charge in [-0.15, -0.1) is 0 Å². The molecule has 1 saturated heterocycles. The molecule has 1 aromatic rings. The highest BCUT2D eigenvalue weighted by molar-refractivity contribution is 5.55. The monoisotopic (exact) mass is 272 g/mol. The number of piperidine rings is 1. The van der Waals surface area contributed by atoms with E-state index in [4.69, 9.17) is 5.73 Å². The first-order chi connectivity index (χ1) is 8.89. The van der Waals surface area contributed by atoms with Gasteiger partial charge in [0.2, 0.25) is 0 Å². The van der Waals surface area contributed by atoms with Crippen LogP contribution in [0.2, 0.25) is 0 Å². The number of hydrogen-bond acceptors (Lipinski definition) is 2. The summed E-state index contributed by atoms with van der Waals surface area (Å²) < 4.78 is 38.5. The van der Waals surface area contributed by atoms with Crippen LogP contribution in [-0.4, -0.2) is 19.3 Å². The lowest BCUT2D eigenvalue weighted by molar-refractivity contribution is -0.176. The van der Waals surface area contributed by atoms with Crippen LogP contribution in [0.3, 0.4) is 0 Å². The average Bonchev–Trinajstić information content (AvgIpc) is 2.38. The van der Waals surface area contributed by atoms with Gasteiger partial charge in [-0.05, 0) is 31.4 Å². The van der Waals surface area contributed by atoms with Crippen LogP contribution in [0, 0.1) is 5.92 Å². The molecular weight excluding hydrogens is 253 g/mol. The molecule has 1 unspecified atom stereocenters. The minimum atomic E-state index is -4.11. The molecule has 2 nitrogen and oxygen atoms in total. The summed E-state index contributed by atoms with van der Waals surface area (Å²) in [6, 6.07) is 7.28. The van der Waals surface area contributed by atoms with Crippen molar-refractivity contribution in [2.45, 2.75) is 32.0 Å². The number of anilines is 1. The van der Waals surface area contributed by atoms with Gasteiger partial charge < -0.3 is 10.6 Å². The Bertz CT molecular complexity index is 429. The minimum Gasteiger partial charge on any atom is -0.371 e. The van der Waals surface area contributed by atoms with Crippen LogP contribution in [0.15, 0.2) is 24.3 Å². The molecular formula is C14H19F3N2. The number of nitrogens with zero attached hydrogens (tertiary/aromatic N) is 1. The highest BCUT2D eigenvalue weighted by Crippen LogP contribution is 2.36. The van der Waals surface area contributed by atoms with Crippen molar-refractivity contribution in [1.29, 1.82) is 0 Å². The number of rotatable bonds is 2. The summed E-state index contributed by atoms with van der Waals surface area (Å²) in [5.41, 5.74) is 7.64. The second kappa shape index (κ2) is 5.41. The number of nitrogens with two attached hydrogens (primary N) is 1. The van der Waals surface area contributed by atoms with Gasteiger partial charge in [-0.1, -0.05) is 18.2 Å². The Morgan fingerprint density at radius 3 is 2.63 bits per heavy atom. The maximum atomic E-state index is 12.8. The van der Waals surface area contributed by atoms with Gasteiger partial charge in [-0.2, -0.15) is 13.2 Å². The van der Waals surface area contributed by atoms with Gasteiger partial charge in [0.1, 0.15) is 0 Å². The third-order valence-corrected chi connectivity index (χ3v) is 3.65. The van der Waals surface area contributed by atoms with Gasteiger partial charge in [0, 0.05) is 24.8 Å². The number of alkyl halides is 3. The third-order valence-electron chi connectivity index (χ3n) is 3.65. The maximum absolute atomic E-state index is 12.8. The first kappa shape index (κ1) is 14.2. The van der Waals surface area contributed by atoms with E-state index in [-0.39, 0.29) is 19.0 Å². The molecule has 0 aliphatic carbocycles. The molecule has 2 atom stereocenters. The van der Waals surface area contributed by atoms with E-state index in [0.717, 1.165) is 11.3 Å². The number of halogens is 3. The number of hydrogen-bond donors (Lipinski definition) is 1. The zero-order chi connectivity index (χ0) is 14.0. The highest BCUT2D eigenvalue weighted by Gasteiger charge is 2.42. The number of benzene rings is 1. The van der Waals surface area contributed by atoms with Crippen LogP contribution < -0.4 is 10.6 Å². The lowest BCUT2D eigenvalue weighted by Gasteiger charge is -2.36. The van der Waals surface area contributed by atoms with Crippen molar-refractivity contribution < 1.29 is 13.2 Å². The highest BCUT2D eigenvalue weighted by atomic mass is 19.4. The molecule has 2 rings (SSSR count). The predicted molar refractivity (Wildman–Crippen MR) is 70.0 cm³/mol. The Kier molecular flexibility index (Phi) is 4.04. The topological polar surface area (TPSA) is 29.3 Å². The van der Waals surface area contributed by atoms with Crippen LogP contribution in [0.5, 0.6) is 0 Å². The van der Waals surface area contributed by atoms with Gasteiger partial charge in [-0.3, -0.25) is 0 Å². The molecule has 5 heteroatoms. The zero-order valence-corrected chi connectivity index (χ0v) is 11.0. The van der Waals surface area contributed by atoms with E-state index >= 15 is 0 Å². The van der Waals surface area contributed by atoms with E-state index in [1.54, 1.807) is 0 Å². The zero-order valence-electron chi connectivity index (χ0n) is 11.0. The molecule has 1 heterocycles. The van der Waals surface area contributed by atoms with Crippen LogP contribution >= 0.6 is 0 Å². The molecule has 0 bridgehead atoms. The van der Waals surface area contributed by atoms with Crippen LogP contribution in [0.25, 0.3) is 0 Å². The van der Waals surface area contributed by atoms with E-state index in [1.165, 1.54) is 0 Å². The van der Waals surface area contributed by atoms with Gasteiger partial charge in [0.05, 0.1) is 5.92 Å². The third kappa shape index (κ3) is 3.21. The van der Waals surface area contributed by atoms with E-state index in [0.29, 0.717) is 13.0 Å². The summed E-state index contributed by atoms with van der Waals surface area (Å²) in [6.07, 6.45) is -3.32. The molecule has 1 fully saturated rings. The summed E-state index contributed by atoms with van der Waals surface area (Å²) in [6.45, 7) is 2.55. The van der Waals surface area contributed by atoms with E-state index in [1.807, 2.05) is 36.1 Å². The van der Waals surface area contributed by atoms with Crippen molar-refractivity contribution in [3.8, 4) is 0 Å². The molecule has 1 aromatic carbocycles. The van der Waals surface area contributed by atoms with E-state index in [2.05, 4.69) is 0 Å². The van der Waals surface area contributed by atoms with Gasteiger partial charge in [-0.25, -0.2) is 0 Å². The van der Waals surface area contributed by atoms with Crippen LogP contribution in [-0.2, 0) is 0 Å². The van der Waals surface area contributed by atoms with E-state index < -0.39 is 12.1 Å². The molecule has 1 aliphatic heterocycles. The van der Waals surface area contributed by atoms with Crippen molar-refractivity contribution >= 4 is 5.69 Å². The quantitative estimate of drug-likeness (QED) is 0.893. The largest absolute Gasteiger partial charge is 0.393 e. The van der Waals surface area contributed by atoms with Crippen LogP contribution in [0.1, 0.15) is 31.4 Å². The van der Waals surface area contributed by atoms with Gasteiger partial charge >= 0.3 is 6.18 Å². The fourth-order valence-corrected chi connectivity index (χ4v) is 2.62. The Hall–Kier alpha value is -1.23. The van der Waals surface area contributed by atoms with Crippen molar-refractivity contribution in [2.24, 2.45) is 11.7 Å². The molecule has 0 saturated carbocycles. The number of para-hydroxylation sites is 1. The summed E-state index contributed by atoms with van der Waals surface area (Å²) in [5, 5.41) is 0. The van der Waals surface area contributed by atoms with Gasteiger partial charge in [0.25, 0.3) is 0 Å². The Morgan fingerprint density at radius 2 is 2.00 bits per heavy atom. The molecule has 19 heavy (non-hydrogen) atoms. The second-order valence-corrected chi connectivity index (χ2v) is 5.17. The molecule has 0 spiro atoms. The molecule has 0 amide bonds. The molecule has 2 N–H and O–H groups in total. The maximum Gasteiger partial charge on any atom is 0.393 e. The van der Waals surface area contributed by atoms with Gasteiger partial charge in [0.15, 0.2) is 0 Å².